The zero-order chi connectivity index (χ0) is 3.58. The van der Waals surface area contributed by atoms with E-state index in [0.29, 0.717) is 0 Å². The summed E-state index contributed by atoms with van der Waals surface area (Å²) in [5, 5.41) is 7.42. The topological polar surface area (TPSA) is 37.3 Å². The van der Waals surface area contributed by atoms with Crippen LogP contribution < -0.4 is 0 Å². The van der Waals surface area contributed by atoms with Crippen LogP contribution >= 0.6 is 0 Å². The van der Waals surface area contributed by atoms with Gasteiger partial charge in [-0.2, -0.15) is 0 Å². The van der Waals surface area contributed by atoms with Gasteiger partial charge in [-0.3, -0.25) is 4.79 Å². The third kappa shape index (κ3) is 82.5. The van der Waals surface area contributed by atoms with Crippen LogP contribution in [0.1, 0.15) is 9.78 Å². The first-order chi connectivity index (χ1) is 1.73. The maximum Gasteiger partial charge on any atom is 2.00 e. The second kappa shape index (κ2) is 9.36. The zero-order valence-corrected chi connectivity index (χ0v) is 6.26. The van der Waals surface area contributed by atoms with E-state index >= 15 is 0 Å². The molecular weight excluding hydrogens is 188 g/mol. The predicted molar refractivity (Wildman–Crippen MR) is 21.3 cm³/mol. The molecule has 0 aromatic heterocycles. The number of aliphatic carboxylic acids is 1. The first kappa shape index (κ1) is 15.8. The van der Waals surface area contributed by atoms with Crippen molar-refractivity contribution in [2.24, 2.45) is 0 Å². The number of rotatable bonds is 0. The van der Waals surface area contributed by atoms with E-state index in [-0.39, 0.29) is 48.3 Å². The summed E-state index contributed by atoms with van der Waals surface area (Å²) in [4.78, 5) is 9.00. The van der Waals surface area contributed by atoms with Crippen LogP contribution in [0.25, 0.3) is 0 Å². The van der Waals surface area contributed by atoms with E-state index in [2.05, 4.69) is 0 Å². The van der Waals surface area contributed by atoms with Crippen molar-refractivity contribution in [2.75, 3.05) is 0 Å². The third-order valence-corrected chi connectivity index (χ3v) is 0. The molecule has 0 aromatic carbocycles. The second-order valence-corrected chi connectivity index (χ2v) is 0.519. The van der Waals surface area contributed by atoms with Crippen LogP contribution in [0.15, 0.2) is 0 Å². The monoisotopic (exact) mass is 193 g/mol. The van der Waals surface area contributed by atoms with Crippen LogP contribution in [-0.4, -0.2) is 34.1 Å². The van der Waals surface area contributed by atoms with Crippen LogP contribution in [-0.2, 0) is 27.2 Å². The summed E-state index contributed by atoms with van der Waals surface area (Å²) in [6, 6.07) is 0. The Bertz CT molecular complexity index is 41.0. The Kier molecular flexibility index (Phi) is 24.6. The van der Waals surface area contributed by atoms with Crippen molar-refractivity contribution in [2.45, 2.75) is 6.92 Å². The smallest absolute Gasteiger partial charge is 1.00 e. The molecule has 0 aromatic rings. The fourth-order valence-electron chi connectivity index (χ4n) is 0. The van der Waals surface area contributed by atoms with Gasteiger partial charge in [0.15, 0.2) is 0 Å². The quantitative estimate of drug-likeness (QED) is 0.548. The molecule has 6 heavy (non-hydrogen) atoms. The van der Waals surface area contributed by atoms with E-state index in [1.54, 1.807) is 0 Å². The van der Waals surface area contributed by atoms with E-state index in [1.165, 1.54) is 0 Å². The van der Waals surface area contributed by atoms with Crippen LogP contribution in [0.4, 0.5) is 0 Å². The van der Waals surface area contributed by atoms with Crippen molar-refractivity contribution in [3.8, 4) is 0 Å². The Labute approximate surface area is 70.9 Å². The Morgan fingerprint density at radius 1 is 1.83 bits per heavy atom. The molecule has 2 nitrogen and oxygen atoms in total. The summed E-state index contributed by atoms with van der Waals surface area (Å²) in [6.07, 6.45) is 0. The van der Waals surface area contributed by atoms with Crippen molar-refractivity contribution >= 4 is 29.0 Å². The number of hydrogen-bond acceptors (Lipinski definition) is 1. The van der Waals surface area contributed by atoms with Gasteiger partial charge in [-0.15, -0.1) is 0 Å². The Morgan fingerprint density at radius 3 is 1.83 bits per heavy atom. The Balaban J connectivity index is -0.00000000750. The van der Waals surface area contributed by atoms with Gasteiger partial charge < -0.3 is 7.96 Å². The molecule has 0 atom stereocenters. The fourth-order valence-corrected chi connectivity index (χ4v) is 0. The van der Waals surface area contributed by atoms with Gasteiger partial charge in [0.1, 0.15) is 0 Å². The standard InChI is InChI=1S/C2H4O2.Ag.Mg.2H/c1-2(3)4;;;;/h1H3,(H,3,4);;;;/q;;+2;2*-1. The molecular formula is C2H6AgMgO2. The molecule has 1 N–H and O–H groups in total. The van der Waals surface area contributed by atoms with Crippen LogP contribution in [0, 0.1) is 0 Å². The summed E-state index contributed by atoms with van der Waals surface area (Å²) >= 11 is 0. The molecule has 0 rings (SSSR count). The van der Waals surface area contributed by atoms with E-state index in [4.69, 9.17) is 9.90 Å². The van der Waals surface area contributed by atoms with Gasteiger partial charge in [0.2, 0.25) is 0 Å². The van der Waals surface area contributed by atoms with Crippen molar-refractivity contribution in [3.63, 3.8) is 0 Å². The molecule has 0 aliphatic rings. The summed E-state index contributed by atoms with van der Waals surface area (Å²) in [5.74, 6) is -0.833. The first-order valence-electron chi connectivity index (χ1n) is 0.928. The van der Waals surface area contributed by atoms with Crippen molar-refractivity contribution in [1.29, 1.82) is 0 Å². The van der Waals surface area contributed by atoms with Crippen LogP contribution in [0.5, 0.6) is 0 Å². The average Bonchev–Trinajstić information content (AvgIpc) is 0.811. The summed E-state index contributed by atoms with van der Waals surface area (Å²) in [7, 11) is 0. The molecule has 0 aliphatic heterocycles. The van der Waals surface area contributed by atoms with Gasteiger partial charge in [-0.25, -0.2) is 0 Å². The number of carboxylic acids is 1. The largest absolute Gasteiger partial charge is 2.00 e. The molecule has 0 saturated carbocycles. The van der Waals surface area contributed by atoms with Crippen LogP contribution in [0.3, 0.4) is 0 Å². The molecule has 4 heteroatoms. The molecule has 0 aliphatic carbocycles. The van der Waals surface area contributed by atoms with Crippen molar-refractivity contribution in [1.82, 2.24) is 0 Å². The first-order valence-corrected chi connectivity index (χ1v) is 0.928. The van der Waals surface area contributed by atoms with Gasteiger partial charge in [-0.1, -0.05) is 0 Å². The number of carbonyl (C=O) groups is 1. The SMILES string of the molecule is CC(=O)O.[Ag].[H-].[H-].[Mg+2]. The molecule has 0 heterocycles. The molecule has 0 unspecified atom stereocenters. The molecule has 39 valence electrons. The maximum atomic E-state index is 9.00. The number of hydrogen-bond donors (Lipinski definition) is 1. The summed E-state index contributed by atoms with van der Waals surface area (Å²) < 4.78 is 0. The molecule has 0 spiro atoms. The van der Waals surface area contributed by atoms with E-state index < -0.39 is 5.97 Å². The molecule has 0 fully saturated rings. The summed E-state index contributed by atoms with van der Waals surface area (Å²) in [5.41, 5.74) is 0. The van der Waals surface area contributed by atoms with Crippen molar-refractivity contribution < 1.29 is 35.1 Å². The normalized spacial score (nSPS) is 4.17. The third-order valence-electron chi connectivity index (χ3n) is 0. The summed E-state index contributed by atoms with van der Waals surface area (Å²) in [6.45, 7) is 1.08. The van der Waals surface area contributed by atoms with Gasteiger partial charge in [-0.05, 0) is 0 Å². The molecule has 0 amide bonds. The van der Waals surface area contributed by atoms with Gasteiger partial charge >= 0.3 is 23.1 Å². The van der Waals surface area contributed by atoms with Crippen molar-refractivity contribution in [3.05, 3.63) is 0 Å². The van der Waals surface area contributed by atoms with Gasteiger partial charge in [0.05, 0.1) is 0 Å². The molecule has 0 bridgehead atoms. The molecule has 1 radical (unpaired) electrons. The van der Waals surface area contributed by atoms with E-state index in [9.17, 15) is 0 Å². The zero-order valence-electron chi connectivity index (χ0n) is 5.36. The molecule has 0 saturated heterocycles. The average molecular weight is 194 g/mol. The Hall–Kier alpha value is 0.976. The minimum atomic E-state index is -0.833. The minimum absolute atomic E-state index is 0. The van der Waals surface area contributed by atoms with Gasteiger partial charge in [0.25, 0.3) is 5.97 Å². The number of carboxylic acid groups (broad SMARTS) is 1. The maximum absolute atomic E-state index is 9.00. The van der Waals surface area contributed by atoms with Crippen LogP contribution in [0.2, 0.25) is 0 Å². The fraction of sp³-hybridized carbons (Fsp3) is 0.500. The van der Waals surface area contributed by atoms with Gasteiger partial charge in [0, 0.05) is 29.3 Å². The minimum Gasteiger partial charge on any atom is -1.00 e. The Morgan fingerprint density at radius 2 is 1.83 bits per heavy atom. The second-order valence-electron chi connectivity index (χ2n) is 0.519. The van der Waals surface area contributed by atoms with E-state index in [1.807, 2.05) is 0 Å². The van der Waals surface area contributed by atoms with E-state index in [0.717, 1.165) is 6.92 Å². The predicted octanol–water partition coefficient (Wildman–Crippen LogP) is -0.0674.